The molecule has 0 aromatic heterocycles. The molecule has 1 atom stereocenters. The standard InChI is InChI=1S/C12H25NO3/c1-11(13-4-8-16-9-5-14)10-12-2-6-15-7-3-12/h11-14H,2-10H2,1H3. The van der Waals surface area contributed by atoms with Crippen LogP contribution in [0, 0.1) is 5.92 Å². The Balaban J connectivity index is 1.95. The Hall–Kier alpha value is -0.160. The second kappa shape index (κ2) is 8.93. The summed E-state index contributed by atoms with van der Waals surface area (Å²) in [6.07, 6.45) is 3.63. The molecular weight excluding hydrogens is 206 g/mol. The molecule has 4 nitrogen and oxygen atoms in total. The van der Waals surface area contributed by atoms with E-state index in [-0.39, 0.29) is 6.61 Å². The number of aliphatic hydroxyl groups is 1. The van der Waals surface area contributed by atoms with E-state index < -0.39 is 0 Å². The van der Waals surface area contributed by atoms with E-state index in [1.54, 1.807) is 0 Å². The molecule has 1 unspecified atom stereocenters. The van der Waals surface area contributed by atoms with Crippen molar-refractivity contribution in [1.82, 2.24) is 5.32 Å². The number of rotatable bonds is 8. The highest BCUT2D eigenvalue weighted by Gasteiger charge is 2.16. The van der Waals surface area contributed by atoms with Crippen LogP contribution in [0.1, 0.15) is 26.2 Å². The molecule has 0 saturated carbocycles. The molecular formula is C12H25NO3. The SMILES string of the molecule is CC(CC1CCOCC1)NCCOCCO. The third-order valence-corrected chi connectivity index (χ3v) is 3.00. The number of hydrogen-bond donors (Lipinski definition) is 2. The molecule has 1 saturated heterocycles. The third kappa shape index (κ3) is 6.43. The molecule has 0 amide bonds. The zero-order chi connectivity index (χ0) is 11.6. The lowest BCUT2D eigenvalue weighted by Crippen LogP contribution is -2.32. The zero-order valence-corrected chi connectivity index (χ0v) is 10.3. The van der Waals surface area contributed by atoms with E-state index in [0.29, 0.717) is 19.3 Å². The van der Waals surface area contributed by atoms with Crippen molar-refractivity contribution in [3.8, 4) is 0 Å². The highest BCUT2D eigenvalue weighted by Crippen LogP contribution is 2.19. The molecule has 0 bridgehead atoms. The summed E-state index contributed by atoms with van der Waals surface area (Å²) < 4.78 is 10.5. The van der Waals surface area contributed by atoms with E-state index in [4.69, 9.17) is 14.6 Å². The normalized spacial score (nSPS) is 19.9. The van der Waals surface area contributed by atoms with Crippen LogP contribution in [0.5, 0.6) is 0 Å². The van der Waals surface area contributed by atoms with Gasteiger partial charge in [-0.05, 0) is 32.1 Å². The lowest BCUT2D eigenvalue weighted by atomic mass is 9.93. The van der Waals surface area contributed by atoms with Crippen molar-refractivity contribution >= 4 is 0 Å². The lowest BCUT2D eigenvalue weighted by Gasteiger charge is -2.25. The summed E-state index contributed by atoms with van der Waals surface area (Å²) in [5.41, 5.74) is 0. The van der Waals surface area contributed by atoms with Crippen molar-refractivity contribution in [2.45, 2.75) is 32.2 Å². The smallest absolute Gasteiger partial charge is 0.0698 e. The van der Waals surface area contributed by atoms with Crippen molar-refractivity contribution < 1.29 is 14.6 Å². The monoisotopic (exact) mass is 231 g/mol. The fraction of sp³-hybridized carbons (Fsp3) is 1.00. The van der Waals surface area contributed by atoms with Gasteiger partial charge in [0.25, 0.3) is 0 Å². The minimum atomic E-state index is 0.109. The number of hydrogen-bond acceptors (Lipinski definition) is 4. The van der Waals surface area contributed by atoms with E-state index in [2.05, 4.69) is 12.2 Å². The summed E-state index contributed by atoms with van der Waals surface area (Å²) in [6, 6.07) is 0.542. The number of nitrogens with one attached hydrogen (secondary N) is 1. The van der Waals surface area contributed by atoms with Gasteiger partial charge in [-0.15, -0.1) is 0 Å². The Bertz CT molecular complexity index is 160. The van der Waals surface area contributed by atoms with Gasteiger partial charge in [-0.3, -0.25) is 0 Å². The Morgan fingerprint density at radius 3 is 2.81 bits per heavy atom. The molecule has 1 fully saturated rings. The van der Waals surface area contributed by atoms with Gasteiger partial charge in [-0.2, -0.15) is 0 Å². The van der Waals surface area contributed by atoms with Gasteiger partial charge >= 0.3 is 0 Å². The van der Waals surface area contributed by atoms with Gasteiger partial charge in [0.15, 0.2) is 0 Å². The van der Waals surface area contributed by atoms with Crippen LogP contribution in [0.15, 0.2) is 0 Å². The summed E-state index contributed by atoms with van der Waals surface area (Å²) in [7, 11) is 0. The van der Waals surface area contributed by atoms with Crippen LogP contribution in [0.2, 0.25) is 0 Å². The molecule has 0 aromatic carbocycles. The molecule has 1 heterocycles. The Morgan fingerprint density at radius 1 is 1.38 bits per heavy atom. The maximum atomic E-state index is 8.53. The maximum absolute atomic E-state index is 8.53. The van der Waals surface area contributed by atoms with Crippen molar-refractivity contribution in [2.24, 2.45) is 5.92 Å². The predicted octanol–water partition coefficient (Wildman–Crippen LogP) is 0.790. The second-order valence-corrected chi connectivity index (χ2v) is 4.48. The van der Waals surface area contributed by atoms with Crippen molar-refractivity contribution in [3.63, 3.8) is 0 Å². The van der Waals surface area contributed by atoms with Crippen LogP contribution in [0.25, 0.3) is 0 Å². The molecule has 0 aliphatic carbocycles. The number of aliphatic hydroxyl groups excluding tert-OH is 1. The van der Waals surface area contributed by atoms with Crippen LogP contribution < -0.4 is 5.32 Å². The lowest BCUT2D eigenvalue weighted by molar-refractivity contribution is 0.0600. The van der Waals surface area contributed by atoms with Crippen LogP contribution >= 0.6 is 0 Å². The molecule has 0 spiro atoms. The third-order valence-electron chi connectivity index (χ3n) is 3.00. The highest BCUT2D eigenvalue weighted by molar-refractivity contribution is 4.70. The first-order valence-corrected chi connectivity index (χ1v) is 6.32. The molecule has 4 heteroatoms. The molecule has 1 aliphatic rings. The largest absolute Gasteiger partial charge is 0.394 e. The highest BCUT2D eigenvalue weighted by atomic mass is 16.5. The van der Waals surface area contributed by atoms with E-state index in [1.807, 2.05) is 0 Å². The first-order chi connectivity index (χ1) is 7.83. The van der Waals surface area contributed by atoms with Gasteiger partial charge in [0.2, 0.25) is 0 Å². The predicted molar refractivity (Wildman–Crippen MR) is 63.5 cm³/mol. The topological polar surface area (TPSA) is 50.7 Å². The Kier molecular flexibility index (Phi) is 7.76. The fourth-order valence-corrected chi connectivity index (χ4v) is 2.11. The Labute approximate surface area is 98.3 Å². The molecule has 96 valence electrons. The average molecular weight is 231 g/mol. The summed E-state index contributed by atoms with van der Waals surface area (Å²) in [5.74, 6) is 0.814. The van der Waals surface area contributed by atoms with Crippen molar-refractivity contribution in [1.29, 1.82) is 0 Å². The summed E-state index contributed by atoms with van der Waals surface area (Å²) >= 11 is 0. The van der Waals surface area contributed by atoms with Gasteiger partial charge in [-0.1, -0.05) is 0 Å². The molecule has 0 radical (unpaired) electrons. The van der Waals surface area contributed by atoms with Crippen LogP contribution in [-0.2, 0) is 9.47 Å². The van der Waals surface area contributed by atoms with E-state index in [1.165, 1.54) is 19.3 Å². The van der Waals surface area contributed by atoms with Gasteiger partial charge < -0.3 is 19.9 Å². The average Bonchev–Trinajstić information content (AvgIpc) is 2.30. The molecule has 2 N–H and O–H groups in total. The number of ether oxygens (including phenoxy) is 2. The van der Waals surface area contributed by atoms with E-state index in [0.717, 1.165) is 25.7 Å². The van der Waals surface area contributed by atoms with Gasteiger partial charge in [0, 0.05) is 25.8 Å². The summed E-state index contributed by atoms with van der Waals surface area (Å²) in [4.78, 5) is 0. The summed E-state index contributed by atoms with van der Waals surface area (Å²) in [6.45, 7) is 6.17. The van der Waals surface area contributed by atoms with Gasteiger partial charge in [-0.25, -0.2) is 0 Å². The van der Waals surface area contributed by atoms with Crippen LogP contribution in [0.3, 0.4) is 0 Å². The zero-order valence-electron chi connectivity index (χ0n) is 10.3. The molecule has 0 aromatic rings. The summed E-state index contributed by atoms with van der Waals surface area (Å²) in [5, 5.41) is 12.0. The molecule has 1 rings (SSSR count). The first-order valence-electron chi connectivity index (χ1n) is 6.32. The first kappa shape index (κ1) is 13.9. The van der Waals surface area contributed by atoms with Crippen molar-refractivity contribution in [3.05, 3.63) is 0 Å². The second-order valence-electron chi connectivity index (χ2n) is 4.48. The quantitative estimate of drug-likeness (QED) is 0.606. The van der Waals surface area contributed by atoms with E-state index in [9.17, 15) is 0 Å². The minimum absolute atomic E-state index is 0.109. The van der Waals surface area contributed by atoms with Crippen LogP contribution in [-0.4, -0.2) is 50.7 Å². The molecule has 1 aliphatic heterocycles. The van der Waals surface area contributed by atoms with Crippen LogP contribution in [0.4, 0.5) is 0 Å². The van der Waals surface area contributed by atoms with Crippen molar-refractivity contribution in [2.75, 3.05) is 39.6 Å². The fourth-order valence-electron chi connectivity index (χ4n) is 2.11. The van der Waals surface area contributed by atoms with E-state index >= 15 is 0 Å². The van der Waals surface area contributed by atoms with Gasteiger partial charge in [0.05, 0.1) is 19.8 Å². The Morgan fingerprint density at radius 2 is 2.12 bits per heavy atom. The molecule has 16 heavy (non-hydrogen) atoms. The maximum Gasteiger partial charge on any atom is 0.0698 e. The van der Waals surface area contributed by atoms with Gasteiger partial charge in [0.1, 0.15) is 0 Å². The minimum Gasteiger partial charge on any atom is -0.394 e.